The summed E-state index contributed by atoms with van der Waals surface area (Å²) in [5, 5.41) is 0.112. The fourth-order valence-corrected chi connectivity index (χ4v) is 5.40. The summed E-state index contributed by atoms with van der Waals surface area (Å²) in [5.41, 5.74) is 0.870. The molecule has 0 amide bonds. The van der Waals surface area contributed by atoms with Crippen molar-refractivity contribution in [2.24, 2.45) is 0 Å². The Hall–Kier alpha value is -1.75. The molecule has 0 N–H and O–H groups in total. The number of ether oxygens (including phenoxy) is 2. The van der Waals surface area contributed by atoms with Gasteiger partial charge in [0.2, 0.25) is 7.29 Å². The first-order chi connectivity index (χ1) is 12.5. The Kier molecular flexibility index (Phi) is 4.82. The summed E-state index contributed by atoms with van der Waals surface area (Å²) in [6, 6.07) is 12.1. The predicted octanol–water partition coefficient (Wildman–Crippen LogP) is 4.27. The number of hydrogen-bond donors (Lipinski definition) is 0. The topological polar surface area (TPSA) is 42.0 Å². The van der Waals surface area contributed by atoms with Gasteiger partial charge in [0.1, 0.15) is 5.82 Å². The van der Waals surface area contributed by atoms with E-state index in [1.165, 1.54) is 6.07 Å². The van der Waals surface area contributed by atoms with E-state index in [1.807, 2.05) is 28.9 Å². The standard InChI is InChI=1S/C18H19ClFN2O3P/c19-15-11-14(5-6-16(15)20)21-7-9-22(10-8-21)26(23)12-24-17-3-1-2-4-18(17)25-13-26/h1-6,11H,7-10,12-13H2. The van der Waals surface area contributed by atoms with Crippen LogP contribution in [0.5, 0.6) is 11.5 Å². The van der Waals surface area contributed by atoms with E-state index in [-0.39, 0.29) is 17.7 Å². The number of halogens is 2. The number of rotatable bonds is 2. The first kappa shape index (κ1) is 17.7. The Morgan fingerprint density at radius 2 is 1.58 bits per heavy atom. The molecule has 0 unspecified atom stereocenters. The molecular weight excluding hydrogens is 378 g/mol. The third kappa shape index (κ3) is 3.41. The van der Waals surface area contributed by atoms with Crippen molar-refractivity contribution in [3.63, 3.8) is 0 Å². The van der Waals surface area contributed by atoms with Crippen molar-refractivity contribution >= 4 is 24.6 Å². The summed E-state index contributed by atoms with van der Waals surface area (Å²) in [5.74, 6) is 0.834. The average Bonchev–Trinajstić information content (AvgIpc) is 2.85. The molecule has 5 nitrogen and oxygen atoms in total. The van der Waals surface area contributed by atoms with Crippen molar-refractivity contribution in [1.82, 2.24) is 4.67 Å². The van der Waals surface area contributed by atoms with E-state index in [1.54, 1.807) is 12.1 Å². The lowest BCUT2D eigenvalue weighted by Gasteiger charge is -2.39. The van der Waals surface area contributed by atoms with Gasteiger partial charge in [0.05, 0.1) is 5.02 Å². The van der Waals surface area contributed by atoms with Crippen LogP contribution in [0.2, 0.25) is 5.02 Å². The van der Waals surface area contributed by atoms with Crippen LogP contribution < -0.4 is 14.4 Å². The molecule has 138 valence electrons. The summed E-state index contributed by atoms with van der Waals surface area (Å²) < 4.78 is 40.2. The Morgan fingerprint density at radius 1 is 0.962 bits per heavy atom. The molecular formula is C18H19ClFN2O3P. The molecule has 2 aliphatic heterocycles. The van der Waals surface area contributed by atoms with Gasteiger partial charge < -0.3 is 14.4 Å². The zero-order chi connectivity index (χ0) is 18.1. The monoisotopic (exact) mass is 396 g/mol. The summed E-state index contributed by atoms with van der Waals surface area (Å²) in [6.07, 6.45) is 0.290. The van der Waals surface area contributed by atoms with Crippen LogP contribution >= 0.6 is 18.9 Å². The zero-order valence-corrected chi connectivity index (χ0v) is 15.8. The van der Waals surface area contributed by atoms with E-state index in [9.17, 15) is 8.96 Å². The van der Waals surface area contributed by atoms with E-state index >= 15 is 0 Å². The van der Waals surface area contributed by atoms with Gasteiger partial charge in [-0.15, -0.1) is 0 Å². The van der Waals surface area contributed by atoms with E-state index in [2.05, 4.69) is 4.90 Å². The molecule has 0 radical (unpaired) electrons. The predicted molar refractivity (Wildman–Crippen MR) is 100 cm³/mol. The van der Waals surface area contributed by atoms with Crippen molar-refractivity contribution in [2.75, 3.05) is 43.8 Å². The maximum absolute atomic E-state index is 13.4. The lowest BCUT2D eigenvalue weighted by molar-refractivity contribution is 0.329. The molecule has 0 bridgehead atoms. The molecule has 0 aliphatic carbocycles. The second-order valence-electron chi connectivity index (χ2n) is 6.38. The van der Waals surface area contributed by atoms with Crippen molar-refractivity contribution < 1.29 is 18.4 Å². The second-order valence-corrected chi connectivity index (χ2v) is 9.56. The minimum Gasteiger partial charge on any atom is -0.481 e. The third-order valence-corrected chi connectivity index (χ3v) is 7.52. The summed E-state index contributed by atoms with van der Waals surface area (Å²) in [4.78, 5) is 2.11. The second kappa shape index (κ2) is 7.10. The highest BCUT2D eigenvalue weighted by Crippen LogP contribution is 2.52. The Morgan fingerprint density at radius 3 is 2.15 bits per heavy atom. The highest BCUT2D eigenvalue weighted by Gasteiger charge is 2.37. The minimum atomic E-state index is -2.77. The van der Waals surface area contributed by atoms with Crippen LogP contribution in [0.15, 0.2) is 42.5 Å². The van der Waals surface area contributed by atoms with Gasteiger partial charge in [-0.3, -0.25) is 4.57 Å². The Balaban J connectivity index is 1.43. The maximum Gasteiger partial charge on any atom is 0.222 e. The number of fused-ring (bicyclic) bond motifs is 1. The fraction of sp³-hybridized carbons (Fsp3) is 0.333. The molecule has 0 saturated carbocycles. The molecule has 2 heterocycles. The zero-order valence-electron chi connectivity index (χ0n) is 14.1. The highest BCUT2D eigenvalue weighted by molar-refractivity contribution is 7.61. The van der Waals surface area contributed by atoms with Gasteiger partial charge in [0.15, 0.2) is 24.2 Å². The lowest BCUT2D eigenvalue weighted by atomic mass is 10.2. The number of hydrogen-bond acceptors (Lipinski definition) is 4. The van der Waals surface area contributed by atoms with E-state index in [4.69, 9.17) is 21.1 Å². The van der Waals surface area contributed by atoms with Gasteiger partial charge in [0, 0.05) is 31.9 Å². The molecule has 0 atom stereocenters. The van der Waals surface area contributed by atoms with Crippen LogP contribution in [0.3, 0.4) is 0 Å². The van der Waals surface area contributed by atoms with E-state index in [0.29, 0.717) is 37.7 Å². The first-order valence-corrected chi connectivity index (χ1v) is 10.8. The highest BCUT2D eigenvalue weighted by atomic mass is 35.5. The van der Waals surface area contributed by atoms with E-state index < -0.39 is 13.1 Å². The van der Waals surface area contributed by atoms with Crippen LogP contribution in [-0.4, -0.2) is 43.5 Å². The lowest BCUT2D eigenvalue weighted by Crippen LogP contribution is -2.45. The molecule has 26 heavy (non-hydrogen) atoms. The molecule has 8 heteroatoms. The molecule has 2 aliphatic rings. The summed E-state index contributed by atoms with van der Waals surface area (Å²) in [7, 11) is -2.77. The van der Waals surface area contributed by atoms with Gasteiger partial charge in [-0.05, 0) is 30.3 Å². The molecule has 0 aromatic heterocycles. The smallest absolute Gasteiger partial charge is 0.222 e. The van der Waals surface area contributed by atoms with Crippen molar-refractivity contribution in [2.45, 2.75) is 0 Å². The quantitative estimate of drug-likeness (QED) is 0.709. The third-order valence-electron chi connectivity index (χ3n) is 4.73. The van der Waals surface area contributed by atoms with Crippen molar-refractivity contribution in [3.05, 3.63) is 53.3 Å². The van der Waals surface area contributed by atoms with Crippen LogP contribution in [0, 0.1) is 5.82 Å². The summed E-state index contributed by atoms with van der Waals surface area (Å²) >= 11 is 5.88. The Labute approximate surface area is 156 Å². The van der Waals surface area contributed by atoms with Crippen LogP contribution in [0.1, 0.15) is 0 Å². The largest absolute Gasteiger partial charge is 0.481 e. The van der Waals surface area contributed by atoms with Gasteiger partial charge in [-0.1, -0.05) is 23.7 Å². The van der Waals surface area contributed by atoms with Crippen LogP contribution in [0.25, 0.3) is 0 Å². The number of anilines is 1. The van der Waals surface area contributed by atoms with Gasteiger partial charge in [-0.25, -0.2) is 9.06 Å². The average molecular weight is 397 g/mol. The minimum absolute atomic E-state index is 0.112. The molecule has 1 fully saturated rings. The molecule has 2 aromatic rings. The molecule has 4 rings (SSSR count). The fourth-order valence-electron chi connectivity index (χ4n) is 3.23. The van der Waals surface area contributed by atoms with E-state index in [0.717, 1.165) is 5.69 Å². The number of nitrogens with zero attached hydrogens (tertiary/aromatic N) is 2. The van der Waals surface area contributed by atoms with Crippen LogP contribution in [0.4, 0.5) is 10.1 Å². The maximum atomic E-state index is 13.4. The molecule has 0 spiro atoms. The molecule has 2 aromatic carbocycles. The van der Waals surface area contributed by atoms with Crippen molar-refractivity contribution in [3.8, 4) is 11.5 Å². The number of para-hydroxylation sites is 2. The normalized spacial score (nSPS) is 19.8. The number of piperazine rings is 1. The van der Waals surface area contributed by atoms with Crippen LogP contribution in [-0.2, 0) is 4.57 Å². The number of benzene rings is 2. The van der Waals surface area contributed by atoms with Gasteiger partial charge in [0.25, 0.3) is 0 Å². The molecule has 1 saturated heterocycles. The summed E-state index contributed by atoms with van der Waals surface area (Å²) in [6.45, 7) is 2.60. The van der Waals surface area contributed by atoms with Crippen molar-refractivity contribution in [1.29, 1.82) is 0 Å². The van der Waals surface area contributed by atoms with Gasteiger partial charge in [-0.2, -0.15) is 0 Å². The Bertz CT molecular complexity index is 827. The first-order valence-electron chi connectivity index (χ1n) is 8.43. The SMILES string of the molecule is O=P1(N2CCN(c3ccc(F)c(Cl)c3)CC2)COc2ccccc2OC1. The van der Waals surface area contributed by atoms with Gasteiger partial charge >= 0.3 is 0 Å².